The van der Waals surface area contributed by atoms with Crippen LogP contribution in [-0.2, 0) is 4.79 Å². The molecule has 1 N–H and O–H groups in total. The highest BCUT2D eigenvalue weighted by Gasteiger charge is 2.20. The quantitative estimate of drug-likeness (QED) is 0.853. The summed E-state index contributed by atoms with van der Waals surface area (Å²) in [7, 11) is 3.58. The van der Waals surface area contributed by atoms with Crippen LogP contribution in [-0.4, -0.2) is 44.1 Å². The molecule has 1 aromatic rings. The summed E-state index contributed by atoms with van der Waals surface area (Å²) >= 11 is 0. The molecule has 0 radical (unpaired) electrons. The fraction of sp³-hybridized carbons (Fsp3) is 0.438. The summed E-state index contributed by atoms with van der Waals surface area (Å²) < 4.78 is 5.27. The van der Waals surface area contributed by atoms with Crippen molar-refractivity contribution >= 4 is 12.0 Å². The van der Waals surface area contributed by atoms with Crippen LogP contribution in [0.4, 0.5) is 0 Å². The van der Waals surface area contributed by atoms with E-state index in [1.807, 2.05) is 42.3 Å². The van der Waals surface area contributed by atoms with E-state index in [1.54, 1.807) is 13.2 Å². The lowest BCUT2D eigenvalue weighted by Crippen LogP contribution is -2.46. The van der Waals surface area contributed by atoms with Gasteiger partial charge < -0.3 is 15.0 Å². The molecule has 4 heteroatoms. The predicted molar refractivity (Wildman–Crippen MR) is 80.7 cm³/mol. The largest absolute Gasteiger partial charge is 0.496 e. The summed E-state index contributed by atoms with van der Waals surface area (Å²) in [6.45, 7) is 1.62. The summed E-state index contributed by atoms with van der Waals surface area (Å²) in [5.74, 6) is 0.846. The monoisotopic (exact) mass is 274 g/mol. The maximum atomic E-state index is 12.2. The van der Waals surface area contributed by atoms with Gasteiger partial charge in [-0.25, -0.2) is 0 Å². The lowest BCUT2D eigenvalue weighted by atomic mass is 10.1. The third-order valence-electron chi connectivity index (χ3n) is 3.69. The first-order valence-corrected chi connectivity index (χ1v) is 7.02. The topological polar surface area (TPSA) is 41.6 Å². The minimum Gasteiger partial charge on any atom is -0.496 e. The molecule has 20 heavy (non-hydrogen) atoms. The standard InChI is InChI=1S/C16H22N2O2/c1-17-14-7-5-11-18(12-14)16(19)10-9-13-6-3-4-8-15(13)20-2/h3-4,6,8-10,14,17H,5,7,11-12H2,1-2H3. The first-order valence-electron chi connectivity index (χ1n) is 7.02. The third kappa shape index (κ3) is 3.61. The van der Waals surface area contributed by atoms with E-state index < -0.39 is 0 Å². The molecule has 1 aliphatic heterocycles. The summed E-state index contributed by atoms with van der Waals surface area (Å²) in [6, 6.07) is 8.09. The van der Waals surface area contributed by atoms with E-state index in [0.717, 1.165) is 37.2 Å². The normalized spacial score (nSPS) is 19.3. The number of piperidine rings is 1. The Labute approximate surface area is 120 Å². The lowest BCUT2D eigenvalue weighted by Gasteiger charge is -2.31. The molecule has 1 aromatic carbocycles. The van der Waals surface area contributed by atoms with Gasteiger partial charge in [0.15, 0.2) is 0 Å². The summed E-state index contributed by atoms with van der Waals surface area (Å²) in [6.07, 6.45) is 5.65. The van der Waals surface area contributed by atoms with E-state index in [2.05, 4.69) is 5.32 Å². The van der Waals surface area contributed by atoms with Gasteiger partial charge in [-0.2, -0.15) is 0 Å². The molecular weight excluding hydrogens is 252 g/mol. The highest BCUT2D eigenvalue weighted by molar-refractivity contribution is 5.92. The van der Waals surface area contributed by atoms with E-state index in [4.69, 9.17) is 4.74 Å². The van der Waals surface area contributed by atoms with Crippen molar-refractivity contribution in [1.82, 2.24) is 10.2 Å². The summed E-state index contributed by atoms with van der Waals surface area (Å²) in [4.78, 5) is 14.1. The molecule has 0 bridgehead atoms. The minimum atomic E-state index is 0.0656. The first-order chi connectivity index (χ1) is 9.74. The Morgan fingerprint density at radius 1 is 1.45 bits per heavy atom. The van der Waals surface area contributed by atoms with Crippen molar-refractivity contribution in [2.75, 3.05) is 27.2 Å². The molecule has 1 aliphatic rings. The number of rotatable bonds is 4. The molecule has 1 amide bonds. The van der Waals surface area contributed by atoms with Crippen molar-refractivity contribution in [3.63, 3.8) is 0 Å². The number of likely N-dealkylation sites (tertiary alicyclic amines) is 1. The molecular formula is C16H22N2O2. The van der Waals surface area contributed by atoms with Crippen molar-refractivity contribution in [3.05, 3.63) is 35.9 Å². The van der Waals surface area contributed by atoms with Crippen molar-refractivity contribution in [2.45, 2.75) is 18.9 Å². The van der Waals surface area contributed by atoms with Gasteiger partial charge in [0.1, 0.15) is 5.75 Å². The lowest BCUT2D eigenvalue weighted by molar-refractivity contribution is -0.127. The van der Waals surface area contributed by atoms with Crippen LogP contribution in [0.1, 0.15) is 18.4 Å². The van der Waals surface area contributed by atoms with Gasteiger partial charge in [0.2, 0.25) is 5.91 Å². The van der Waals surface area contributed by atoms with Gasteiger partial charge in [-0.1, -0.05) is 18.2 Å². The number of benzene rings is 1. The number of ether oxygens (including phenoxy) is 1. The Balaban J connectivity index is 2.01. The van der Waals surface area contributed by atoms with E-state index in [0.29, 0.717) is 6.04 Å². The molecule has 0 aliphatic carbocycles. The summed E-state index contributed by atoms with van der Waals surface area (Å²) in [5, 5.41) is 3.24. The number of carbonyl (C=O) groups excluding carboxylic acids is 1. The highest BCUT2D eigenvalue weighted by atomic mass is 16.5. The van der Waals surface area contributed by atoms with Crippen LogP contribution in [0.2, 0.25) is 0 Å². The highest BCUT2D eigenvalue weighted by Crippen LogP contribution is 2.19. The average Bonchev–Trinajstić information content (AvgIpc) is 2.52. The van der Waals surface area contributed by atoms with Crippen LogP contribution in [0.5, 0.6) is 5.75 Å². The van der Waals surface area contributed by atoms with Crippen molar-refractivity contribution in [3.8, 4) is 5.75 Å². The Hall–Kier alpha value is -1.81. The minimum absolute atomic E-state index is 0.0656. The second kappa shape index (κ2) is 7.10. The van der Waals surface area contributed by atoms with Crippen LogP contribution in [0.15, 0.2) is 30.3 Å². The van der Waals surface area contributed by atoms with Crippen molar-refractivity contribution < 1.29 is 9.53 Å². The summed E-state index contributed by atoms with van der Waals surface area (Å²) in [5.41, 5.74) is 0.922. The van der Waals surface area contributed by atoms with Gasteiger partial charge in [0, 0.05) is 30.8 Å². The second-order valence-corrected chi connectivity index (χ2v) is 4.99. The van der Waals surface area contributed by atoms with Gasteiger partial charge in [-0.15, -0.1) is 0 Å². The van der Waals surface area contributed by atoms with E-state index in [-0.39, 0.29) is 5.91 Å². The van der Waals surface area contributed by atoms with Gasteiger partial charge in [-0.3, -0.25) is 4.79 Å². The maximum absolute atomic E-state index is 12.2. The van der Waals surface area contributed by atoms with Gasteiger partial charge in [0.05, 0.1) is 7.11 Å². The van der Waals surface area contributed by atoms with Crippen molar-refractivity contribution in [2.24, 2.45) is 0 Å². The molecule has 0 aromatic heterocycles. The molecule has 1 atom stereocenters. The second-order valence-electron chi connectivity index (χ2n) is 4.99. The Bertz CT molecular complexity index is 485. The smallest absolute Gasteiger partial charge is 0.246 e. The molecule has 2 rings (SSSR count). The number of amides is 1. The molecule has 4 nitrogen and oxygen atoms in total. The Kier molecular flexibility index (Phi) is 5.18. The van der Waals surface area contributed by atoms with E-state index >= 15 is 0 Å². The van der Waals surface area contributed by atoms with Crippen LogP contribution >= 0.6 is 0 Å². The van der Waals surface area contributed by atoms with Crippen LogP contribution in [0.3, 0.4) is 0 Å². The van der Waals surface area contributed by atoms with Crippen molar-refractivity contribution in [1.29, 1.82) is 0 Å². The zero-order chi connectivity index (χ0) is 14.4. The van der Waals surface area contributed by atoms with E-state index in [1.165, 1.54) is 0 Å². The van der Waals surface area contributed by atoms with Gasteiger partial charge in [-0.05, 0) is 32.0 Å². The van der Waals surface area contributed by atoms with E-state index in [9.17, 15) is 4.79 Å². The zero-order valence-corrected chi connectivity index (χ0v) is 12.1. The Morgan fingerprint density at radius 3 is 3.00 bits per heavy atom. The third-order valence-corrected chi connectivity index (χ3v) is 3.69. The van der Waals surface area contributed by atoms with Crippen LogP contribution < -0.4 is 10.1 Å². The van der Waals surface area contributed by atoms with Crippen LogP contribution in [0, 0.1) is 0 Å². The number of hydrogen-bond donors (Lipinski definition) is 1. The van der Waals surface area contributed by atoms with Crippen LogP contribution in [0.25, 0.3) is 6.08 Å². The molecule has 0 saturated carbocycles. The number of para-hydroxylation sites is 1. The maximum Gasteiger partial charge on any atom is 0.246 e. The Morgan fingerprint density at radius 2 is 2.25 bits per heavy atom. The number of carbonyl (C=O) groups is 1. The number of nitrogens with zero attached hydrogens (tertiary/aromatic N) is 1. The predicted octanol–water partition coefficient (Wildman–Crippen LogP) is 1.92. The number of likely N-dealkylation sites (N-methyl/N-ethyl adjacent to an activating group) is 1. The molecule has 1 unspecified atom stereocenters. The number of nitrogens with one attached hydrogen (secondary N) is 1. The molecule has 1 saturated heterocycles. The fourth-order valence-corrected chi connectivity index (χ4v) is 2.48. The molecule has 0 spiro atoms. The average molecular weight is 274 g/mol. The zero-order valence-electron chi connectivity index (χ0n) is 12.1. The SMILES string of the molecule is CNC1CCCN(C(=O)C=Cc2ccccc2OC)C1. The number of hydrogen-bond acceptors (Lipinski definition) is 3. The van der Waals surface area contributed by atoms with Gasteiger partial charge in [0.25, 0.3) is 0 Å². The molecule has 108 valence electrons. The first kappa shape index (κ1) is 14.6. The molecule has 1 heterocycles. The van der Waals surface area contributed by atoms with Gasteiger partial charge >= 0.3 is 0 Å². The number of methoxy groups -OCH3 is 1. The molecule has 1 fully saturated rings. The fourth-order valence-electron chi connectivity index (χ4n) is 2.48.